The van der Waals surface area contributed by atoms with Gasteiger partial charge in [0.05, 0.1) is 41.6 Å². The fourth-order valence-electron chi connectivity index (χ4n) is 5.23. The average molecular weight is 658 g/mol. The quantitative estimate of drug-likeness (QED) is 0.257. The van der Waals surface area contributed by atoms with E-state index in [0.29, 0.717) is 53.2 Å². The zero-order valence-corrected chi connectivity index (χ0v) is 26.2. The van der Waals surface area contributed by atoms with Crippen LogP contribution < -0.4 is 26.6 Å². The third kappa shape index (κ3) is 6.54. The van der Waals surface area contributed by atoms with Gasteiger partial charge in [-0.3, -0.25) is 14.2 Å². The van der Waals surface area contributed by atoms with Crippen LogP contribution in [0.3, 0.4) is 0 Å². The number of aryl methyl sites for hydroxylation is 1. The number of anilines is 1. The van der Waals surface area contributed by atoms with Gasteiger partial charge in [-0.15, -0.1) is 0 Å². The molecular weight excluding hydrogens is 626 g/mol. The van der Waals surface area contributed by atoms with Gasteiger partial charge < -0.3 is 29.8 Å². The van der Waals surface area contributed by atoms with E-state index in [2.05, 4.69) is 10.6 Å². The van der Waals surface area contributed by atoms with Gasteiger partial charge in [0.25, 0.3) is 11.5 Å². The maximum Gasteiger partial charge on any atom is 0.330 e. The van der Waals surface area contributed by atoms with Crippen LogP contribution in [0.5, 0.6) is 5.75 Å². The van der Waals surface area contributed by atoms with Gasteiger partial charge >= 0.3 is 5.69 Å². The summed E-state index contributed by atoms with van der Waals surface area (Å²) in [4.78, 5) is 37.6. The number of carbonyl (C=O) groups is 1. The smallest absolute Gasteiger partial charge is 0.330 e. The van der Waals surface area contributed by atoms with Crippen molar-refractivity contribution in [2.24, 2.45) is 14.1 Å². The second-order valence-electron chi connectivity index (χ2n) is 10.6. The zero-order chi connectivity index (χ0) is 32.4. The molecule has 3 N–H and O–H groups in total. The van der Waals surface area contributed by atoms with Crippen molar-refractivity contribution in [2.75, 3.05) is 25.6 Å². The molecule has 4 aromatic rings. The number of hydrogen-bond acceptors (Lipinski definition) is 7. The Morgan fingerprint density at radius 2 is 1.78 bits per heavy atom. The zero-order valence-electron chi connectivity index (χ0n) is 24.7. The minimum Gasteiger partial charge on any atom is -0.496 e. The number of aliphatic hydroxyl groups excluding tert-OH is 1. The van der Waals surface area contributed by atoms with Crippen molar-refractivity contribution in [2.45, 2.75) is 25.1 Å². The second kappa shape index (κ2) is 13.6. The predicted molar refractivity (Wildman–Crippen MR) is 171 cm³/mol. The Hall–Kier alpha value is -4.00. The standard InChI is InChI=1S/C32H31Cl2FN4O6/c1-38-15-22(31(42)39(2)32(38)43)30(41)37-24-9-5-8-20(29(24)34)19-7-4-6-18(28(19)33)17-12-23(35)21(27(13-17)44-3)14-36-25-16-45-11-10-26(25)40/h4-9,12-13,15,25-26,36,40H,10-11,14,16H2,1-3H3,(H,37,41)/t25-,26-/m1/s1. The molecule has 1 saturated heterocycles. The summed E-state index contributed by atoms with van der Waals surface area (Å²) >= 11 is 13.7. The van der Waals surface area contributed by atoms with E-state index in [9.17, 15) is 19.5 Å². The van der Waals surface area contributed by atoms with Crippen LogP contribution in [0, 0.1) is 5.82 Å². The molecule has 0 radical (unpaired) electrons. The number of benzene rings is 3. The van der Waals surface area contributed by atoms with Crippen molar-refractivity contribution in [1.29, 1.82) is 0 Å². The molecule has 1 aromatic heterocycles. The molecule has 0 bridgehead atoms. The van der Waals surface area contributed by atoms with Gasteiger partial charge in [0, 0.05) is 55.7 Å². The number of nitrogens with zero attached hydrogens (tertiary/aromatic N) is 2. The SMILES string of the molecule is COc1cc(-c2cccc(-c3cccc(NC(=O)c4cn(C)c(=O)n(C)c4=O)c3Cl)c2Cl)cc(F)c1CN[C@@H]1COCC[C@H]1O. The molecule has 45 heavy (non-hydrogen) atoms. The molecule has 13 heteroatoms. The molecule has 1 fully saturated rings. The molecular formula is C32H31Cl2FN4O6. The first kappa shape index (κ1) is 32.4. The predicted octanol–water partition coefficient (Wildman–Crippen LogP) is 4.36. The Labute approximate surface area is 267 Å². The highest BCUT2D eigenvalue weighted by atomic mass is 35.5. The minimum absolute atomic E-state index is 0.119. The maximum atomic E-state index is 15.5. The van der Waals surface area contributed by atoms with Gasteiger partial charge in [0.2, 0.25) is 0 Å². The number of aliphatic hydroxyl groups is 1. The van der Waals surface area contributed by atoms with Crippen molar-refractivity contribution in [3.8, 4) is 28.0 Å². The monoisotopic (exact) mass is 656 g/mol. The normalized spacial score (nSPS) is 16.4. The van der Waals surface area contributed by atoms with Crippen molar-refractivity contribution < 1.29 is 23.8 Å². The van der Waals surface area contributed by atoms with Crippen LogP contribution >= 0.6 is 23.2 Å². The average Bonchev–Trinajstić information content (AvgIpc) is 3.02. The van der Waals surface area contributed by atoms with Gasteiger partial charge in [-0.2, -0.15) is 0 Å². The lowest BCUT2D eigenvalue weighted by molar-refractivity contribution is -0.0161. The van der Waals surface area contributed by atoms with Gasteiger partial charge in [-0.05, 0) is 30.2 Å². The van der Waals surface area contributed by atoms with Gasteiger partial charge in [0.1, 0.15) is 17.1 Å². The van der Waals surface area contributed by atoms with Gasteiger partial charge in [0.15, 0.2) is 0 Å². The van der Waals surface area contributed by atoms with E-state index < -0.39 is 29.1 Å². The van der Waals surface area contributed by atoms with Crippen LogP contribution in [0.15, 0.2) is 64.3 Å². The summed E-state index contributed by atoms with van der Waals surface area (Å²) in [6.07, 6.45) is 1.08. The van der Waals surface area contributed by atoms with E-state index in [1.54, 1.807) is 42.5 Å². The third-order valence-electron chi connectivity index (χ3n) is 7.77. The highest BCUT2D eigenvalue weighted by Crippen LogP contribution is 2.42. The lowest BCUT2D eigenvalue weighted by Gasteiger charge is -2.29. The van der Waals surface area contributed by atoms with Crippen LogP contribution in [-0.4, -0.2) is 52.6 Å². The van der Waals surface area contributed by atoms with Crippen LogP contribution in [0.25, 0.3) is 22.3 Å². The molecule has 0 aliphatic carbocycles. The number of halogens is 3. The molecule has 1 aliphatic heterocycles. The first-order valence-corrected chi connectivity index (χ1v) is 14.8. The van der Waals surface area contributed by atoms with Crippen LogP contribution in [-0.2, 0) is 25.4 Å². The highest BCUT2D eigenvalue weighted by Gasteiger charge is 2.25. The first-order chi connectivity index (χ1) is 21.5. The number of methoxy groups -OCH3 is 1. The number of rotatable bonds is 8. The highest BCUT2D eigenvalue weighted by molar-refractivity contribution is 6.39. The Morgan fingerprint density at radius 3 is 2.49 bits per heavy atom. The number of nitrogens with one attached hydrogen (secondary N) is 2. The van der Waals surface area contributed by atoms with Gasteiger partial charge in [-0.25, -0.2) is 9.18 Å². The van der Waals surface area contributed by atoms with E-state index >= 15 is 4.39 Å². The molecule has 10 nitrogen and oxygen atoms in total. The molecule has 0 saturated carbocycles. The summed E-state index contributed by atoms with van der Waals surface area (Å²) < 4.78 is 28.4. The number of hydrogen-bond donors (Lipinski definition) is 3. The van der Waals surface area contributed by atoms with E-state index in [0.717, 1.165) is 9.13 Å². The lowest BCUT2D eigenvalue weighted by Crippen LogP contribution is -2.46. The molecule has 2 atom stereocenters. The van der Waals surface area contributed by atoms with Crippen molar-refractivity contribution in [1.82, 2.24) is 14.5 Å². The van der Waals surface area contributed by atoms with E-state index in [1.807, 2.05) is 0 Å². The summed E-state index contributed by atoms with van der Waals surface area (Å²) in [5, 5.41) is 16.5. The van der Waals surface area contributed by atoms with Crippen LogP contribution in [0.4, 0.5) is 10.1 Å². The van der Waals surface area contributed by atoms with Crippen molar-refractivity contribution >= 4 is 34.8 Å². The summed E-state index contributed by atoms with van der Waals surface area (Å²) in [7, 11) is 4.17. The fraction of sp³-hybridized carbons (Fsp3) is 0.281. The van der Waals surface area contributed by atoms with Crippen LogP contribution in [0.2, 0.25) is 10.0 Å². The summed E-state index contributed by atoms with van der Waals surface area (Å²) in [5.74, 6) is -0.956. The third-order valence-corrected chi connectivity index (χ3v) is 8.59. The molecule has 5 rings (SSSR count). The summed E-state index contributed by atoms with van der Waals surface area (Å²) in [6, 6.07) is 12.9. The van der Waals surface area contributed by atoms with Crippen LogP contribution in [0.1, 0.15) is 22.3 Å². The van der Waals surface area contributed by atoms with E-state index in [1.165, 1.54) is 33.5 Å². The summed E-state index contributed by atoms with van der Waals surface area (Å²) in [6.45, 7) is 0.923. The topological polar surface area (TPSA) is 124 Å². The molecule has 1 aliphatic rings. The molecule has 3 aromatic carbocycles. The number of aromatic nitrogens is 2. The first-order valence-electron chi connectivity index (χ1n) is 14.0. The molecule has 1 amide bonds. The second-order valence-corrected chi connectivity index (χ2v) is 11.4. The Kier molecular flexibility index (Phi) is 9.76. The van der Waals surface area contributed by atoms with Gasteiger partial charge in [-0.1, -0.05) is 53.5 Å². The Morgan fingerprint density at radius 1 is 1.09 bits per heavy atom. The van der Waals surface area contributed by atoms with Crippen molar-refractivity contribution in [3.63, 3.8) is 0 Å². The molecule has 0 spiro atoms. The number of amides is 1. The number of carbonyl (C=O) groups excluding carboxylic acids is 1. The van der Waals surface area contributed by atoms with E-state index in [4.69, 9.17) is 32.7 Å². The molecule has 236 valence electrons. The molecule has 0 unspecified atom stereocenters. The molecule has 2 heterocycles. The number of ether oxygens (including phenoxy) is 2. The minimum atomic E-state index is -0.747. The Balaban J connectivity index is 1.45. The largest absolute Gasteiger partial charge is 0.496 e. The van der Waals surface area contributed by atoms with Crippen molar-refractivity contribution in [3.05, 3.63) is 103 Å². The summed E-state index contributed by atoms with van der Waals surface area (Å²) in [5.41, 5.74) is 0.946. The van der Waals surface area contributed by atoms with E-state index in [-0.39, 0.29) is 33.9 Å². The lowest BCUT2D eigenvalue weighted by atomic mass is 9.97. The fourth-order valence-corrected chi connectivity index (χ4v) is 5.84. The maximum absolute atomic E-state index is 15.5. The Bertz CT molecular complexity index is 1890.